The van der Waals surface area contributed by atoms with Gasteiger partial charge >= 0.3 is 0 Å². The van der Waals surface area contributed by atoms with Crippen LogP contribution in [0, 0.1) is 19.8 Å². The topological polar surface area (TPSA) is 57.8 Å². The molecule has 5 heteroatoms. The fourth-order valence-electron chi connectivity index (χ4n) is 3.95. The number of anilines is 1. The van der Waals surface area contributed by atoms with Crippen molar-refractivity contribution in [2.45, 2.75) is 53.0 Å². The van der Waals surface area contributed by atoms with Crippen LogP contribution in [0.1, 0.15) is 53.7 Å². The number of benzene rings is 1. The summed E-state index contributed by atoms with van der Waals surface area (Å²) < 4.78 is 0. The monoisotopic (exact) mass is 367 g/mol. The molecule has 2 N–H and O–H groups in total. The van der Waals surface area contributed by atoms with Crippen LogP contribution < -0.4 is 10.9 Å². The lowest BCUT2D eigenvalue weighted by atomic mass is 9.89. The lowest BCUT2D eigenvalue weighted by molar-refractivity contribution is 0.509. The minimum Gasteiger partial charge on any atom is -0.375 e. The summed E-state index contributed by atoms with van der Waals surface area (Å²) in [7, 11) is 0. The number of aryl methyl sites for hydroxylation is 3. The minimum atomic E-state index is -0.0636. The Morgan fingerprint density at radius 1 is 1.27 bits per heavy atom. The van der Waals surface area contributed by atoms with Crippen molar-refractivity contribution in [3.05, 3.63) is 55.9 Å². The average Bonchev–Trinajstić information content (AvgIpc) is 2.91. The molecule has 2 atom stereocenters. The molecule has 4 rings (SSSR count). The highest BCUT2D eigenvalue weighted by Crippen LogP contribution is 2.36. The third-order valence-electron chi connectivity index (χ3n) is 5.20. The summed E-state index contributed by atoms with van der Waals surface area (Å²) in [6, 6.07) is 6.32. The summed E-state index contributed by atoms with van der Waals surface area (Å²) in [6.07, 6.45) is 3.23. The first-order valence-corrected chi connectivity index (χ1v) is 10.1. The summed E-state index contributed by atoms with van der Waals surface area (Å²) in [5.41, 5.74) is 4.73. The van der Waals surface area contributed by atoms with Crippen LogP contribution in [0.4, 0.5) is 5.69 Å². The molecule has 0 saturated heterocycles. The van der Waals surface area contributed by atoms with Crippen LogP contribution in [0.5, 0.6) is 0 Å². The van der Waals surface area contributed by atoms with Gasteiger partial charge in [-0.15, -0.1) is 11.3 Å². The Labute approximate surface area is 157 Å². The molecule has 1 aliphatic rings. The van der Waals surface area contributed by atoms with Crippen molar-refractivity contribution in [2.75, 3.05) is 5.32 Å². The van der Waals surface area contributed by atoms with Gasteiger partial charge in [-0.3, -0.25) is 4.79 Å². The standard InChI is InChI=1S/C21H25N3OS/c1-11-5-6-16-17(10-11)26-21-18(16)20(25)23-19(24-21)14(4)22-15-8-12(2)7-13(3)9-15/h7-9,11,14,22H,5-6,10H2,1-4H3,(H,23,24,25)/t11-,14+/m0/s1. The molecular weight excluding hydrogens is 342 g/mol. The molecule has 0 fully saturated rings. The molecule has 136 valence electrons. The van der Waals surface area contributed by atoms with E-state index in [1.807, 2.05) is 6.92 Å². The normalized spacial score (nSPS) is 17.9. The van der Waals surface area contributed by atoms with Crippen LogP contribution >= 0.6 is 11.3 Å². The fraction of sp³-hybridized carbons (Fsp3) is 0.429. The van der Waals surface area contributed by atoms with E-state index in [9.17, 15) is 4.79 Å². The van der Waals surface area contributed by atoms with E-state index >= 15 is 0 Å². The molecule has 1 aromatic carbocycles. The maximum atomic E-state index is 12.8. The number of hydrogen-bond donors (Lipinski definition) is 2. The Bertz CT molecular complexity index is 1010. The van der Waals surface area contributed by atoms with Gasteiger partial charge in [0.1, 0.15) is 10.7 Å². The lowest BCUT2D eigenvalue weighted by Gasteiger charge is -2.17. The number of thiophene rings is 1. The SMILES string of the molecule is Cc1cc(C)cc(N[C@H](C)c2nc3sc4c(c3c(=O)[nH]2)CC[C@H](C)C4)c1. The first kappa shape index (κ1) is 17.3. The van der Waals surface area contributed by atoms with Crippen molar-refractivity contribution in [3.63, 3.8) is 0 Å². The second-order valence-corrected chi connectivity index (χ2v) is 8.81. The molecule has 0 bridgehead atoms. The second kappa shape index (κ2) is 6.54. The van der Waals surface area contributed by atoms with Gasteiger partial charge < -0.3 is 10.3 Å². The number of nitrogens with zero attached hydrogens (tertiary/aromatic N) is 1. The molecule has 0 radical (unpaired) electrons. The van der Waals surface area contributed by atoms with Gasteiger partial charge in [0.15, 0.2) is 0 Å². The van der Waals surface area contributed by atoms with Crippen molar-refractivity contribution in [3.8, 4) is 0 Å². The summed E-state index contributed by atoms with van der Waals surface area (Å²) in [5.74, 6) is 1.40. The Morgan fingerprint density at radius 3 is 2.73 bits per heavy atom. The van der Waals surface area contributed by atoms with Crippen molar-refractivity contribution in [1.29, 1.82) is 0 Å². The Morgan fingerprint density at radius 2 is 2.00 bits per heavy atom. The molecule has 0 spiro atoms. The predicted molar refractivity (Wildman–Crippen MR) is 109 cm³/mol. The first-order valence-electron chi connectivity index (χ1n) is 9.30. The van der Waals surface area contributed by atoms with E-state index in [2.05, 4.69) is 49.3 Å². The highest BCUT2D eigenvalue weighted by Gasteiger charge is 2.23. The number of nitrogens with one attached hydrogen (secondary N) is 2. The van der Waals surface area contributed by atoms with Crippen LogP contribution in [-0.2, 0) is 12.8 Å². The number of fused-ring (bicyclic) bond motifs is 3. The first-order chi connectivity index (χ1) is 12.4. The number of H-pyrrole nitrogens is 1. The van der Waals surface area contributed by atoms with Crippen LogP contribution in [0.2, 0.25) is 0 Å². The fourth-order valence-corrected chi connectivity index (χ4v) is 5.34. The van der Waals surface area contributed by atoms with E-state index in [0.717, 1.165) is 35.2 Å². The molecule has 0 aliphatic heterocycles. The minimum absolute atomic E-state index is 0.00567. The molecule has 3 aromatic rings. The van der Waals surface area contributed by atoms with E-state index < -0.39 is 0 Å². The maximum Gasteiger partial charge on any atom is 0.259 e. The zero-order valence-corrected chi connectivity index (χ0v) is 16.6. The molecule has 0 amide bonds. The van der Waals surface area contributed by atoms with Crippen LogP contribution in [0.3, 0.4) is 0 Å². The van der Waals surface area contributed by atoms with Gasteiger partial charge in [-0.2, -0.15) is 0 Å². The van der Waals surface area contributed by atoms with Crippen LogP contribution in [-0.4, -0.2) is 9.97 Å². The summed E-state index contributed by atoms with van der Waals surface area (Å²) in [6.45, 7) is 8.50. The van der Waals surface area contributed by atoms with Gasteiger partial charge in [0, 0.05) is 10.6 Å². The van der Waals surface area contributed by atoms with Gasteiger partial charge in [-0.05, 0) is 74.8 Å². The van der Waals surface area contributed by atoms with Crippen molar-refractivity contribution >= 4 is 27.2 Å². The van der Waals surface area contributed by atoms with Gasteiger partial charge in [0.25, 0.3) is 5.56 Å². The van der Waals surface area contributed by atoms with E-state index in [0.29, 0.717) is 11.7 Å². The predicted octanol–water partition coefficient (Wildman–Crippen LogP) is 4.90. The largest absolute Gasteiger partial charge is 0.375 e. The number of aromatic amines is 1. The number of aromatic nitrogens is 2. The van der Waals surface area contributed by atoms with Crippen molar-refractivity contribution in [1.82, 2.24) is 9.97 Å². The molecule has 0 saturated carbocycles. The quantitative estimate of drug-likeness (QED) is 0.692. The van der Waals surface area contributed by atoms with Crippen LogP contribution in [0.25, 0.3) is 10.2 Å². The van der Waals surface area contributed by atoms with E-state index in [1.165, 1.54) is 21.6 Å². The van der Waals surface area contributed by atoms with Crippen molar-refractivity contribution in [2.24, 2.45) is 5.92 Å². The summed E-state index contributed by atoms with van der Waals surface area (Å²) >= 11 is 1.70. The zero-order valence-electron chi connectivity index (χ0n) is 15.8. The second-order valence-electron chi connectivity index (χ2n) is 7.73. The summed E-state index contributed by atoms with van der Waals surface area (Å²) in [5, 5.41) is 4.29. The maximum absolute atomic E-state index is 12.8. The van der Waals surface area contributed by atoms with Gasteiger partial charge in [-0.1, -0.05) is 13.0 Å². The number of hydrogen-bond acceptors (Lipinski definition) is 4. The lowest BCUT2D eigenvalue weighted by Crippen LogP contribution is -2.18. The third-order valence-corrected chi connectivity index (χ3v) is 6.35. The highest BCUT2D eigenvalue weighted by molar-refractivity contribution is 7.18. The van der Waals surface area contributed by atoms with Crippen LogP contribution in [0.15, 0.2) is 23.0 Å². The van der Waals surface area contributed by atoms with E-state index in [4.69, 9.17) is 4.98 Å². The number of rotatable bonds is 3. The molecule has 2 heterocycles. The Hall–Kier alpha value is -2.14. The Kier molecular flexibility index (Phi) is 4.35. The smallest absolute Gasteiger partial charge is 0.259 e. The van der Waals surface area contributed by atoms with Gasteiger partial charge in [0.05, 0.1) is 11.4 Å². The average molecular weight is 368 g/mol. The highest BCUT2D eigenvalue weighted by atomic mass is 32.1. The molecule has 0 unspecified atom stereocenters. The Balaban J connectivity index is 1.69. The molecule has 1 aliphatic carbocycles. The van der Waals surface area contributed by atoms with Gasteiger partial charge in [0.2, 0.25) is 0 Å². The third kappa shape index (κ3) is 3.16. The molecule has 4 nitrogen and oxygen atoms in total. The molecule has 2 aromatic heterocycles. The molecule has 26 heavy (non-hydrogen) atoms. The van der Waals surface area contributed by atoms with E-state index in [-0.39, 0.29) is 11.6 Å². The summed E-state index contributed by atoms with van der Waals surface area (Å²) in [4.78, 5) is 22.8. The van der Waals surface area contributed by atoms with Crippen molar-refractivity contribution < 1.29 is 0 Å². The molecular formula is C21H25N3OS. The zero-order chi connectivity index (χ0) is 18.4. The van der Waals surface area contributed by atoms with Gasteiger partial charge in [-0.25, -0.2) is 4.98 Å². The van der Waals surface area contributed by atoms with E-state index in [1.54, 1.807) is 11.3 Å².